The largest absolute Gasteiger partial charge is 0.454 e. The van der Waals surface area contributed by atoms with Crippen molar-refractivity contribution in [3.05, 3.63) is 46.9 Å². The Labute approximate surface area is 176 Å². The quantitative estimate of drug-likeness (QED) is 0.535. The van der Waals surface area contributed by atoms with Gasteiger partial charge in [0.1, 0.15) is 10.4 Å². The maximum absolute atomic E-state index is 12.9. The first-order valence-corrected chi connectivity index (χ1v) is 10.2. The van der Waals surface area contributed by atoms with Crippen LogP contribution in [0.1, 0.15) is 18.2 Å². The Hall–Kier alpha value is -2.85. The molecule has 1 fully saturated rings. The van der Waals surface area contributed by atoms with Crippen LogP contribution >= 0.6 is 24.0 Å². The van der Waals surface area contributed by atoms with Crippen LogP contribution in [0.15, 0.2) is 35.6 Å². The van der Waals surface area contributed by atoms with Gasteiger partial charge in [0.15, 0.2) is 11.5 Å². The van der Waals surface area contributed by atoms with Gasteiger partial charge in [-0.15, -0.1) is 0 Å². The van der Waals surface area contributed by atoms with Crippen molar-refractivity contribution in [2.45, 2.75) is 19.4 Å². The average Bonchev–Trinajstić information content (AvgIpc) is 3.43. The van der Waals surface area contributed by atoms with Gasteiger partial charge in [0.05, 0.1) is 11.2 Å². The molecule has 0 radical (unpaired) electrons. The number of carbonyl (C=O) groups excluding carboxylic acids is 2. The molecule has 150 valence electrons. The van der Waals surface area contributed by atoms with Gasteiger partial charge in [-0.25, -0.2) is 4.98 Å². The number of carbonyl (C=O) groups is 2. The zero-order valence-corrected chi connectivity index (χ0v) is 17.1. The zero-order valence-electron chi connectivity index (χ0n) is 15.5. The number of aromatic nitrogens is 2. The van der Waals surface area contributed by atoms with E-state index in [0.717, 1.165) is 11.3 Å². The molecule has 29 heavy (non-hydrogen) atoms. The molecule has 0 saturated carbocycles. The average molecular weight is 431 g/mol. The number of rotatable bonds is 6. The summed E-state index contributed by atoms with van der Waals surface area (Å²) in [4.78, 5) is 34.1. The molecule has 0 unspecified atom stereocenters. The van der Waals surface area contributed by atoms with Gasteiger partial charge in [0.2, 0.25) is 12.7 Å². The third kappa shape index (κ3) is 4.13. The van der Waals surface area contributed by atoms with Gasteiger partial charge in [-0.1, -0.05) is 30.0 Å². The van der Waals surface area contributed by atoms with Gasteiger partial charge in [0.25, 0.3) is 5.91 Å². The van der Waals surface area contributed by atoms with Crippen LogP contribution in [-0.4, -0.2) is 50.4 Å². The standard InChI is InChI=1S/C19H18N4O4S2/c1-11(17(24)21-5-4-13-8-20-9-22-13)23-18(25)16(29-19(23)28)7-12-2-3-14-15(6-12)27-10-26-14/h2-3,6-9,11H,4-5,10H2,1H3,(H,20,22)(H,21,24)/b16-7+/t11-/m1/s1. The second kappa shape index (κ2) is 8.26. The van der Waals surface area contributed by atoms with Crippen molar-refractivity contribution in [1.29, 1.82) is 0 Å². The normalized spacial score (nSPS) is 17.8. The molecular formula is C19H18N4O4S2. The zero-order chi connectivity index (χ0) is 20.4. The Balaban J connectivity index is 1.41. The Kier molecular flexibility index (Phi) is 5.54. The van der Waals surface area contributed by atoms with Crippen LogP contribution in [0, 0.1) is 0 Å². The van der Waals surface area contributed by atoms with Crippen LogP contribution in [0.3, 0.4) is 0 Å². The molecule has 3 heterocycles. The van der Waals surface area contributed by atoms with Crippen LogP contribution in [0.4, 0.5) is 0 Å². The van der Waals surface area contributed by atoms with Gasteiger partial charge in [-0.3, -0.25) is 14.5 Å². The highest BCUT2D eigenvalue weighted by atomic mass is 32.2. The van der Waals surface area contributed by atoms with E-state index in [-0.39, 0.29) is 18.6 Å². The molecule has 2 aromatic rings. The summed E-state index contributed by atoms with van der Waals surface area (Å²) in [6.07, 6.45) is 5.66. The summed E-state index contributed by atoms with van der Waals surface area (Å²) in [5.41, 5.74) is 1.72. The number of nitrogens with zero attached hydrogens (tertiary/aromatic N) is 2. The summed E-state index contributed by atoms with van der Waals surface area (Å²) >= 11 is 6.53. The topological polar surface area (TPSA) is 96.6 Å². The van der Waals surface area contributed by atoms with E-state index >= 15 is 0 Å². The molecule has 0 spiro atoms. The Morgan fingerprint density at radius 2 is 2.28 bits per heavy atom. The fourth-order valence-corrected chi connectivity index (χ4v) is 4.39. The lowest BCUT2D eigenvalue weighted by Crippen LogP contribution is -2.47. The number of H-pyrrole nitrogens is 1. The number of thioether (sulfide) groups is 1. The molecule has 1 aromatic heterocycles. The van der Waals surface area contributed by atoms with E-state index in [1.807, 2.05) is 6.07 Å². The van der Waals surface area contributed by atoms with E-state index in [1.165, 1.54) is 16.7 Å². The van der Waals surface area contributed by atoms with E-state index < -0.39 is 6.04 Å². The molecule has 0 bridgehead atoms. The third-order valence-electron chi connectivity index (χ3n) is 4.53. The minimum absolute atomic E-state index is 0.188. The molecule has 1 atom stereocenters. The molecule has 2 aliphatic rings. The van der Waals surface area contributed by atoms with E-state index in [9.17, 15) is 9.59 Å². The fourth-order valence-electron chi connectivity index (χ4n) is 2.97. The number of imidazole rings is 1. The summed E-state index contributed by atoms with van der Waals surface area (Å²) in [5, 5.41) is 2.83. The van der Waals surface area contributed by atoms with Gasteiger partial charge in [-0.05, 0) is 30.7 Å². The van der Waals surface area contributed by atoms with Crippen LogP contribution in [0.2, 0.25) is 0 Å². The first-order chi connectivity index (χ1) is 14.0. The first-order valence-electron chi connectivity index (χ1n) is 8.94. The number of hydrogen-bond acceptors (Lipinski definition) is 7. The van der Waals surface area contributed by atoms with Gasteiger partial charge >= 0.3 is 0 Å². The van der Waals surface area contributed by atoms with Crippen molar-refractivity contribution in [3.63, 3.8) is 0 Å². The summed E-state index contributed by atoms with van der Waals surface area (Å²) in [5.74, 6) is 0.772. The molecule has 1 saturated heterocycles. The lowest BCUT2D eigenvalue weighted by Gasteiger charge is -2.22. The van der Waals surface area contributed by atoms with Crippen LogP contribution in [-0.2, 0) is 16.0 Å². The van der Waals surface area contributed by atoms with Crippen molar-refractivity contribution in [2.75, 3.05) is 13.3 Å². The molecule has 2 N–H and O–H groups in total. The van der Waals surface area contributed by atoms with E-state index in [0.29, 0.717) is 33.7 Å². The van der Waals surface area contributed by atoms with Gasteiger partial charge in [0, 0.05) is 24.9 Å². The van der Waals surface area contributed by atoms with E-state index in [4.69, 9.17) is 21.7 Å². The second-order valence-electron chi connectivity index (χ2n) is 6.46. The maximum Gasteiger partial charge on any atom is 0.266 e. The first kappa shape index (κ1) is 19.5. The molecule has 0 aliphatic carbocycles. The highest BCUT2D eigenvalue weighted by molar-refractivity contribution is 8.26. The number of nitrogens with one attached hydrogen (secondary N) is 2. The molecule has 10 heteroatoms. The SMILES string of the molecule is C[C@H](C(=O)NCCc1cnc[nH]1)N1C(=O)/C(=C\c2ccc3c(c2)OCO3)SC1=S. The van der Waals surface area contributed by atoms with E-state index in [1.54, 1.807) is 37.7 Å². The Morgan fingerprint density at radius 1 is 1.45 bits per heavy atom. The van der Waals surface area contributed by atoms with Gasteiger partial charge in [-0.2, -0.15) is 0 Å². The third-order valence-corrected chi connectivity index (χ3v) is 5.86. The summed E-state index contributed by atoms with van der Waals surface area (Å²) in [7, 11) is 0. The fraction of sp³-hybridized carbons (Fsp3) is 0.263. The molecule has 4 rings (SSSR count). The second-order valence-corrected chi connectivity index (χ2v) is 8.13. The number of fused-ring (bicyclic) bond motifs is 1. The Morgan fingerprint density at radius 3 is 3.07 bits per heavy atom. The molecular weight excluding hydrogens is 412 g/mol. The molecule has 2 amide bonds. The highest BCUT2D eigenvalue weighted by Gasteiger charge is 2.38. The Bertz CT molecular complexity index is 990. The van der Waals surface area contributed by atoms with Gasteiger partial charge < -0.3 is 19.8 Å². The molecule has 2 aliphatic heterocycles. The highest BCUT2D eigenvalue weighted by Crippen LogP contribution is 2.37. The van der Waals surface area contributed by atoms with Crippen molar-refractivity contribution in [1.82, 2.24) is 20.2 Å². The lowest BCUT2D eigenvalue weighted by molar-refractivity contribution is -0.132. The van der Waals surface area contributed by atoms with Crippen LogP contribution in [0.5, 0.6) is 11.5 Å². The van der Waals surface area contributed by atoms with Crippen molar-refractivity contribution < 1.29 is 19.1 Å². The van der Waals surface area contributed by atoms with Crippen LogP contribution < -0.4 is 14.8 Å². The predicted molar refractivity (Wildman–Crippen MR) is 112 cm³/mol. The predicted octanol–water partition coefficient (Wildman–Crippen LogP) is 2.09. The molecule has 1 aromatic carbocycles. The van der Waals surface area contributed by atoms with Crippen molar-refractivity contribution >= 4 is 46.2 Å². The van der Waals surface area contributed by atoms with Crippen molar-refractivity contribution in [3.8, 4) is 11.5 Å². The minimum Gasteiger partial charge on any atom is -0.454 e. The maximum atomic E-state index is 12.9. The number of ether oxygens (including phenoxy) is 2. The lowest BCUT2D eigenvalue weighted by atomic mass is 10.2. The summed E-state index contributed by atoms with van der Waals surface area (Å²) < 4.78 is 11.0. The minimum atomic E-state index is -0.702. The number of amides is 2. The summed E-state index contributed by atoms with van der Waals surface area (Å²) in [6, 6.07) is 4.74. The van der Waals surface area contributed by atoms with E-state index in [2.05, 4.69) is 15.3 Å². The van der Waals surface area contributed by atoms with Crippen LogP contribution in [0.25, 0.3) is 6.08 Å². The number of aromatic amines is 1. The molecule has 8 nitrogen and oxygen atoms in total. The monoisotopic (exact) mass is 430 g/mol. The number of thiocarbonyl (C=S) groups is 1. The smallest absolute Gasteiger partial charge is 0.266 e. The van der Waals surface area contributed by atoms with Crippen molar-refractivity contribution in [2.24, 2.45) is 0 Å². The number of hydrogen-bond donors (Lipinski definition) is 2. The number of benzene rings is 1. The summed E-state index contributed by atoms with van der Waals surface area (Å²) in [6.45, 7) is 2.29.